The highest BCUT2D eigenvalue weighted by molar-refractivity contribution is 9.10. The highest BCUT2D eigenvalue weighted by Gasteiger charge is 2.27. The normalized spacial score (nSPS) is 12.3. The van der Waals surface area contributed by atoms with Crippen LogP contribution in [0.2, 0.25) is 0 Å². The number of carbonyl (C=O) groups is 2. The third-order valence-electron chi connectivity index (χ3n) is 4.03. The Kier molecular flexibility index (Phi) is 5.08. The van der Waals surface area contributed by atoms with Crippen molar-refractivity contribution in [3.8, 4) is 5.75 Å². The van der Waals surface area contributed by atoms with Crippen molar-refractivity contribution in [2.75, 3.05) is 23.4 Å². The Morgan fingerprint density at radius 1 is 1.24 bits per heavy atom. The van der Waals surface area contributed by atoms with Gasteiger partial charge in [0.05, 0.1) is 18.0 Å². The lowest BCUT2D eigenvalue weighted by molar-refractivity contribution is -0.115. The second-order valence-corrected chi connectivity index (χ2v) is 6.67. The van der Waals surface area contributed by atoms with Gasteiger partial charge in [0.15, 0.2) is 0 Å². The van der Waals surface area contributed by atoms with Gasteiger partial charge < -0.3 is 10.1 Å². The zero-order valence-corrected chi connectivity index (χ0v) is 15.7. The van der Waals surface area contributed by atoms with Gasteiger partial charge in [-0.25, -0.2) is 4.90 Å². The number of nitrogens with zero attached hydrogens (tertiary/aromatic N) is 1. The van der Waals surface area contributed by atoms with Gasteiger partial charge in [0.1, 0.15) is 5.75 Å². The Morgan fingerprint density at radius 2 is 1.96 bits per heavy atom. The summed E-state index contributed by atoms with van der Waals surface area (Å²) in [6.07, 6.45) is 0.866. The van der Waals surface area contributed by atoms with Crippen molar-refractivity contribution in [2.45, 2.75) is 20.3 Å². The Morgan fingerprint density at radius 3 is 2.60 bits per heavy atom. The molecule has 0 aliphatic carbocycles. The first-order valence-electron chi connectivity index (χ1n) is 8.15. The molecular formula is C19H19BrN2O3. The van der Waals surface area contributed by atoms with Gasteiger partial charge >= 0.3 is 0 Å². The summed E-state index contributed by atoms with van der Waals surface area (Å²) < 4.78 is 6.24. The van der Waals surface area contributed by atoms with E-state index in [4.69, 9.17) is 4.74 Å². The molecule has 1 N–H and O–H groups in total. The van der Waals surface area contributed by atoms with E-state index >= 15 is 0 Å². The zero-order valence-electron chi connectivity index (χ0n) is 14.1. The van der Waals surface area contributed by atoms with Crippen molar-refractivity contribution in [1.29, 1.82) is 0 Å². The van der Waals surface area contributed by atoms with Gasteiger partial charge in [-0.15, -0.1) is 0 Å². The Balaban J connectivity index is 2.00. The molecule has 1 heterocycles. The average Bonchev–Trinajstić information content (AvgIpc) is 3.04. The third kappa shape index (κ3) is 3.54. The third-order valence-corrected chi connectivity index (χ3v) is 4.49. The van der Waals surface area contributed by atoms with Crippen molar-refractivity contribution in [1.82, 2.24) is 0 Å². The predicted octanol–water partition coefficient (Wildman–Crippen LogP) is 4.01. The van der Waals surface area contributed by atoms with Gasteiger partial charge in [-0.3, -0.25) is 9.59 Å². The van der Waals surface area contributed by atoms with Crippen LogP contribution in [0.5, 0.6) is 5.75 Å². The van der Waals surface area contributed by atoms with Gasteiger partial charge in [-0.2, -0.15) is 0 Å². The van der Waals surface area contributed by atoms with Gasteiger partial charge in [0.25, 0.3) is 5.91 Å². The number of halogens is 1. The van der Waals surface area contributed by atoms with E-state index in [0.29, 0.717) is 23.6 Å². The molecule has 1 aliphatic heterocycles. The number of nitrogens with one attached hydrogen (secondary N) is 1. The molecule has 25 heavy (non-hydrogen) atoms. The number of hydrogen-bond acceptors (Lipinski definition) is 4. The van der Waals surface area contributed by atoms with E-state index in [1.165, 1.54) is 11.8 Å². The molecule has 3 rings (SSSR count). The largest absolute Gasteiger partial charge is 0.494 e. The summed E-state index contributed by atoms with van der Waals surface area (Å²) in [5, 5.41) is 3.28. The Labute approximate surface area is 155 Å². The van der Waals surface area contributed by atoms with E-state index in [1.807, 2.05) is 13.0 Å². The molecule has 0 radical (unpaired) electrons. The van der Waals surface area contributed by atoms with Crippen LogP contribution in [0.1, 0.15) is 29.8 Å². The van der Waals surface area contributed by atoms with Crippen molar-refractivity contribution in [2.24, 2.45) is 0 Å². The number of amides is 2. The van der Waals surface area contributed by atoms with Crippen LogP contribution in [0.15, 0.2) is 40.9 Å². The molecule has 2 aromatic carbocycles. The summed E-state index contributed by atoms with van der Waals surface area (Å²) in [5.74, 6) is 0.0101. The first-order valence-corrected chi connectivity index (χ1v) is 8.94. The smallest absolute Gasteiger partial charge is 0.265 e. The van der Waals surface area contributed by atoms with E-state index < -0.39 is 0 Å². The minimum atomic E-state index is -0.357. The first-order chi connectivity index (χ1) is 12.0. The van der Waals surface area contributed by atoms with E-state index in [2.05, 4.69) is 21.2 Å². The molecule has 5 nitrogen and oxygen atoms in total. The van der Waals surface area contributed by atoms with Crippen LogP contribution >= 0.6 is 15.9 Å². The average molecular weight is 403 g/mol. The van der Waals surface area contributed by atoms with Crippen LogP contribution in [0, 0.1) is 0 Å². The zero-order chi connectivity index (χ0) is 18.0. The van der Waals surface area contributed by atoms with Crippen molar-refractivity contribution >= 4 is 39.1 Å². The maximum atomic E-state index is 13.0. The van der Waals surface area contributed by atoms with Gasteiger partial charge in [-0.05, 0) is 55.3 Å². The van der Waals surface area contributed by atoms with E-state index in [1.54, 1.807) is 30.3 Å². The Bertz CT molecular complexity index is 818. The monoisotopic (exact) mass is 402 g/mol. The molecule has 0 atom stereocenters. The fourth-order valence-electron chi connectivity index (χ4n) is 2.96. The van der Waals surface area contributed by atoms with Crippen LogP contribution in [-0.2, 0) is 11.2 Å². The topological polar surface area (TPSA) is 58.6 Å². The van der Waals surface area contributed by atoms with Gasteiger partial charge in [0.2, 0.25) is 5.91 Å². The predicted molar refractivity (Wildman–Crippen MR) is 101 cm³/mol. The summed E-state index contributed by atoms with van der Waals surface area (Å²) in [6.45, 7) is 4.65. The van der Waals surface area contributed by atoms with Crippen LogP contribution in [0.3, 0.4) is 0 Å². The van der Waals surface area contributed by atoms with Crippen molar-refractivity contribution in [3.05, 3.63) is 52.0 Å². The molecule has 6 heteroatoms. The minimum Gasteiger partial charge on any atom is -0.494 e. The molecule has 2 amide bonds. The van der Waals surface area contributed by atoms with Crippen molar-refractivity contribution in [3.63, 3.8) is 0 Å². The molecular weight excluding hydrogens is 384 g/mol. The van der Waals surface area contributed by atoms with Gasteiger partial charge in [-0.1, -0.05) is 15.9 Å². The molecule has 1 aliphatic rings. The molecule has 2 aromatic rings. The molecule has 0 saturated carbocycles. The summed E-state index contributed by atoms with van der Waals surface area (Å²) >= 11 is 3.47. The molecule has 0 fully saturated rings. The van der Waals surface area contributed by atoms with E-state index in [-0.39, 0.29) is 11.8 Å². The first kappa shape index (κ1) is 17.5. The Hall–Kier alpha value is -2.34. The summed E-state index contributed by atoms with van der Waals surface area (Å²) in [4.78, 5) is 26.5. The molecule has 0 unspecified atom stereocenters. The number of anilines is 2. The number of imide groups is 1. The second kappa shape index (κ2) is 7.27. The maximum absolute atomic E-state index is 13.0. The minimum absolute atomic E-state index is 0.326. The number of benzene rings is 2. The molecule has 130 valence electrons. The van der Waals surface area contributed by atoms with Gasteiger partial charge in [0, 0.05) is 23.5 Å². The summed E-state index contributed by atoms with van der Waals surface area (Å²) in [6, 6.07) is 10.6. The standard InChI is InChI=1S/C19H19BrN2O3/c1-3-25-16-6-4-13(5-7-16)19(24)22(12(2)23)17-11-15(20)10-14-8-9-21-18(14)17/h4-7,10-11,21H,3,8-9H2,1-2H3. The quantitative estimate of drug-likeness (QED) is 0.838. The lowest BCUT2D eigenvalue weighted by Gasteiger charge is -2.22. The molecule has 0 spiro atoms. The lowest BCUT2D eigenvalue weighted by Crippen LogP contribution is -2.35. The number of ether oxygens (including phenoxy) is 1. The fraction of sp³-hybridized carbons (Fsp3) is 0.263. The number of carbonyl (C=O) groups excluding carboxylic acids is 2. The SMILES string of the molecule is CCOc1ccc(C(=O)N(C(C)=O)c2cc(Br)cc3c2NCC3)cc1. The number of hydrogen-bond donors (Lipinski definition) is 1. The van der Waals surface area contributed by atoms with E-state index in [0.717, 1.165) is 28.7 Å². The highest BCUT2D eigenvalue weighted by atomic mass is 79.9. The summed E-state index contributed by atoms with van der Waals surface area (Å²) in [7, 11) is 0. The van der Waals surface area contributed by atoms with Crippen LogP contribution in [0.25, 0.3) is 0 Å². The van der Waals surface area contributed by atoms with E-state index in [9.17, 15) is 9.59 Å². The molecule has 0 saturated heterocycles. The number of rotatable bonds is 4. The van der Waals surface area contributed by atoms with Crippen LogP contribution < -0.4 is 15.0 Å². The fourth-order valence-corrected chi connectivity index (χ4v) is 3.45. The molecule has 0 aromatic heterocycles. The maximum Gasteiger partial charge on any atom is 0.265 e. The highest BCUT2D eigenvalue weighted by Crippen LogP contribution is 2.37. The number of fused-ring (bicyclic) bond motifs is 1. The lowest BCUT2D eigenvalue weighted by atomic mass is 10.1. The van der Waals surface area contributed by atoms with Crippen LogP contribution in [0.4, 0.5) is 11.4 Å². The van der Waals surface area contributed by atoms with Crippen LogP contribution in [-0.4, -0.2) is 25.0 Å². The second-order valence-electron chi connectivity index (χ2n) is 5.75. The summed E-state index contributed by atoms with van der Waals surface area (Å²) in [5.41, 5.74) is 2.95. The van der Waals surface area contributed by atoms with Crippen molar-refractivity contribution < 1.29 is 14.3 Å². The molecule has 0 bridgehead atoms.